The zero-order valence-electron chi connectivity index (χ0n) is 12.9. The Labute approximate surface area is 128 Å². The minimum absolute atomic E-state index is 0.171. The summed E-state index contributed by atoms with van der Waals surface area (Å²) in [7, 11) is -2.78. The molecule has 22 heavy (non-hydrogen) atoms. The Morgan fingerprint density at radius 1 is 1.27 bits per heavy atom. The number of sulfonamides is 1. The Morgan fingerprint density at radius 3 is 2.27 bits per heavy atom. The van der Waals surface area contributed by atoms with Crippen molar-refractivity contribution in [2.45, 2.75) is 31.8 Å². The standard InChI is InChI=1S/C14H20F3NO3S/c1-10(2)8-18(9-14(15,16)17)22(19,20)12-5-6-13(21-4)11(3)7-12/h5-7,10H,8-9H2,1-4H3. The van der Waals surface area contributed by atoms with Gasteiger partial charge in [-0.3, -0.25) is 0 Å². The van der Waals surface area contributed by atoms with Gasteiger partial charge in [0, 0.05) is 6.54 Å². The number of benzene rings is 1. The number of methoxy groups -OCH3 is 1. The summed E-state index contributed by atoms with van der Waals surface area (Å²) >= 11 is 0. The van der Waals surface area contributed by atoms with Gasteiger partial charge in [-0.2, -0.15) is 17.5 Å². The summed E-state index contributed by atoms with van der Waals surface area (Å²) in [6.45, 7) is 3.26. The molecule has 4 nitrogen and oxygen atoms in total. The fourth-order valence-electron chi connectivity index (χ4n) is 2.02. The van der Waals surface area contributed by atoms with E-state index in [2.05, 4.69) is 0 Å². The van der Waals surface area contributed by atoms with E-state index in [1.54, 1.807) is 20.8 Å². The van der Waals surface area contributed by atoms with Gasteiger partial charge in [-0.05, 0) is 36.6 Å². The van der Waals surface area contributed by atoms with Gasteiger partial charge >= 0.3 is 6.18 Å². The molecule has 0 bridgehead atoms. The van der Waals surface area contributed by atoms with Gasteiger partial charge in [0.2, 0.25) is 10.0 Å². The molecular weight excluding hydrogens is 319 g/mol. The van der Waals surface area contributed by atoms with E-state index >= 15 is 0 Å². The number of halogens is 3. The molecule has 0 aromatic heterocycles. The van der Waals surface area contributed by atoms with Crippen molar-refractivity contribution in [2.75, 3.05) is 20.2 Å². The molecule has 0 radical (unpaired) electrons. The summed E-state index contributed by atoms with van der Waals surface area (Å²) < 4.78 is 68.5. The Kier molecular flexibility index (Phi) is 5.86. The molecular formula is C14H20F3NO3S. The summed E-state index contributed by atoms with van der Waals surface area (Å²) in [4.78, 5) is -0.171. The molecule has 0 fully saturated rings. The Morgan fingerprint density at radius 2 is 1.86 bits per heavy atom. The van der Waals surface area contributed by atoms with Gasteiger partial charge < -0.3 is 4.74 Å². The van der Waals surface area contributed by atoms with Gasteiger partial charge in [-0.1, -0.05) is 13.8 Å². The molecule has 0 amide bonds. The van der Waals surface area contributed by atoms with Crippen LogP contribution in [0.2, 0.25) is 0 Å². The second-order valence-corrected chi connectivity index (χ2v) is 7.38. The van der Waals surface area contributed by atoms with Crippen LogP contribution in [0.4, 0.5) is 13.2 Å². The quantitative estimate of drug-likeness (QED) is 0.799. The Bertz CT molecular complexity index is 612. The number of hydrogen-bond donors (Lipinski definition) is 0. The van der Waals surface area contributed by atoms with Crippen LogP contribution in [0, 0.1) is 12.8 Å². The predicted molar refractivity (Wildman–Crippen MR) is 77.4 cm³/mol. The van der Waals surface area contributed by atoms with Crippen molar-refractivity contribution >= 4 is 10.0 Å². The molecule has 0 N–H and O–H groups in total. The predicted octanol–water partition coefficient (Wildman–Crippen LogP) is 3.21. The zero-order valence-corrected chi connectivity index (χ0v) is 13.8. The Hall–Kier alpha value is -1.28. The smallest absolute Gasteiger partial charge is 0.402 e. The van der Waals surface area contributed by atoms with Crippen molar-refractivity contribution in [1.82, 2.24) is 4.31 Å². The third kappa shape index (κ3) is 4.88. The molecule has 0 spiro atoms. The van der Waals surface area contributed by atoms with Crippen LogP contribution in [-0.4, -0.2) is 39.1 Å². The van der Waals surface area contributed by atoms with E-state index in [9.17, 15) is 21.6 Å². The van der Waals surface area contributed by atoms with Crippen LogP contribution < -0.4 is 4.74 Å². The van der Waals surface area contributed by atoms with Crippen LogP contribution >= 0.6 is 0 Å². The number of alkyl halides is 3. The fourth-order valence-corrected chi connectivity index (χ4v) is 3.69. The summed E-state index contributed by atoms with van der Waals surface area (Å²) in [5.74, 6) is 0.252. The van der Waals surface area contributed by atoms with Gasteiger partial charge in [0.25, 0.3) is 0 Å². The number of nitrogens with zero attached hydrogens (tertiary/aromatic N) is 1. The van der Waals surface area contributed by atoms with Crippen LogP contribution in [0.1, 0.15) is 19.4 Å². The molecule has 1 rings (SSSR count). The minimum Gasteiger partial charge on any atom is -0.496 e. The summed E-state index contributed by atoms with van der Waals surface area (Å²) in [5.41, 5.74) is 0.542. The van der Waals surface area contributed by atoms with Gasteiger partial charge in [0.05, 0.1) is 12.0 Å². The second-order valence-electron chi connectivity index (χ2n) is 5.44. The molecule has 0 heterocycles. The lowest BCUT2D eigenvalue weighted by atomic mass is 10.2. The molecule has 1 aromatic rings. The van der Waals surface area contributed by atoms with E-state index in [1.165, 1.54) is 25.3 Å². The van der Waals surface area contributed by atoms with E-state index in [4.69, 9.17) is 4.74 Å². The van der Waals surface area contributed by atoms with E-state index in [0.717, 1.165) is 0 Å². The van der Waals surface area contributed by atoms with Crippen molar-refractivity contribution in [3.63, 3.8) is 0 Å². The average molecular weight is 339 g/mol. The molecule has 0 aliphatic heterocycles. The third-order valence-corrected chi connectivity index (χ3v) is 4.74. The zero-order chi connectivity index (χ0) is 17.1. The van der Waals surface area contributed by atoms with E-state index < -0.39 is 22.7 Å². The molecule has 126 valence electrons. The molecule has 0 saturated heterocycles. The largest absolute Gasteiger partial charge is 0.496 e. The highest BCUT2D eigenvalue weighted by molar-refractivity contribution is 7.89. The summed E-state index contributed by atoms with van der Waals surface area (Å²) in [5, 5.41) is 0. The van der Waals surface area contributed by atoms with Gasteiger partial charge in [-0.15, -0.1) is 0 Å². The fraction of sp³-hybridized carbons (Fsp3) is 0.571. The highest BCUT2D eigenvalue weighted by atomic mass is 32.2. The SMILES string of the molecule is COc1ccc(S(=O)(=O)N(CC(C)C)CC(F)(F)F)cc1C. The van der Waals surface area contributed by atoms with E-state index in [1.807, 2.05) is 0 Å². The topological polar surface area (TPSA) is 46.6 Å². The first-order chi connectivity index (χ1) is 9.97. The van der Waals surface area contributed by atoms with Crippen molar-refractivity contribution in [3.8, 4) is 5.75 Å². The van der Waals surface area contributed by atoms with Gasteiger partial charge in [-0.25, -0.2) is 8.42 Å². The van der Waals surface area contributed by atoms with E-state index in [0.29, 0.717) is 15.6 Å². The lowest BCUT2D eigenvalue weighted by Gasteiger charge is -2.25. The molecule has 0 aliphatic carbocycles. The first-order valence-corrected chi connectivity index (χ1v) is 8.13. The average Bonchev–Trinajstić information content (AvgIpc) is 2.35. The molecule has 0 atom stereocenters. The van der Waals surface area contributed by atoms with Crippen molar-refractivity contribution in [1.29, 1.82) is 0 Å². The maximum absolute atomic E-state index is 12.7. The maximum atomic E-state index is 12.7. The minimum atomic E-state index is -4.59. The van der Waals surface area contributed by atoms with Crippen LogP contribution in [0.5, 0.6) is 5.75 Å². The second kappa shape index (κ2) is 6.87. The van der Waals surface area contributed by atoms with Crippen molar-refractivity contribution < 1.29 is 26.3 Å². The molecule has 8 heteroatoms. The number of hydrogen-bond acceptors (Lipinski definition) is 3. The Balaban J connectivity index is 3.23. The van der Waals surface area contributed by atoms with Crippen LogP contribution in [0.25, 0.3) is 0 Å². The normalized spacial score (nSPS) is 13.0. The first-order valence-electron chi connectivity index (χ1n) is 6.69. The lowest BCUT2D eigenvalue weighted by molar-refractivity contribution is -0.136. The number of ether oxygens (including phenoxy) is 1. The highest BCUT2D eigenvalue weighted by Gasteiger charge is 2.37. The molecule has 1 aromatic carbocycles. The van der Waals surface area contributed by atoms with Crippen LogP contribution in [0.15, 0.2) is 23.1 Å². The molecule has 0 saturated carbocycles. The number of rotatable bonds is 6. The van der Waals surface area contributed by atoms with Crippen molar-refractivity contribution in [3.05, 3.63) is 23.8 Å². The molecule has 0 unspecified atom stereocenters. The first kappa shape index (κ1) is 18.8. The maximum Gasteiger partial charge on any atom is 0.402 e. The highest BCUT2D eigenvalue weighted by Crippen LogP contribution is 2.27. The van der Waals surface area contributed by atoms with Crippen LogP contribution in [0.3, 0.4) is 0 Å². The lowest BCUT2D eigenvalue weighted by Crippen LogP contribution is -2.41. The molecule has 0 aliphatic rings. The monoisotopic (exact) mass is 339 g/mol. The van der Waals surface area contributed by atoms with Crippen molar-refractivity contribution in [2.24, 2.45) is 5.92 Å². The van der Waals surface area contributed by atoms with E-state index in [-0.39, 0.29) is 17.4 Å². The number of aryl methyl sites for hydroxylation is 1. The van der Waals surface area contributed by atoms with Gasteiger partial charge in [0.15, 0.2) is 0 Å². The summed E-state index contributed by atoms with van der Waals surface area (Å²) in [6.07, 6.45) is -4.59. The van der Waals surface area contributed by atoms with Gasteiger partial charge in [0.1, 0.15) is 12.3 Å². The third-order valence-electron chi connectivity index (χ3n) is 2.93. The summed E-state index contributed by atoms with van der Waals surface area (Å²) in [6, 6.07) is 4.01. The van der Waals surface area contributed by atoms with Crippen LogP contribution in [-0.2, 0) is 10.0 Å².